The third kappa shape index (κ3) is 1.18. The van der Waals surface area contributed by atoms with Crippen LogP contribution in [0.3, 0.4) is 0 Å². The summed E-state index contributed by atoms with van der Waals surface area (Å²) in [5.74, 6) is -0.497. The summed E-state index contributed by atoms with van der Waals surface area (Å²) in [5.41, 5.74) is -0.215. The van der Waals surface area contributed by atoms with Gasteiger partial charge in [0, 0.05) is 18.3 Å². The van der Waals surface area contributed by atoms with Gasteiger partial charge in [0.2, 0.25) is 0 Å². The van der Waals surface area contributed by atoms with E-state index in [9.17, 15) is 4.79 Å². The largest absolute Gasteiger partial charge is 0.481 e. The summed E-state index contributed by atoms with van der Waals surface area (Å²) in [4.78, 5) is 19.1. The molecule has 0 bridgehead atoms. The highest BCUT2D eigenvalue weighted by Gasteiger charge is 2.64. The lowest BCUT2D eigenvalue weighted by Gasteiger charge is -1.99. The lowest BCUT2D eigenvalue weighted by Crippen LogP contribution is -2.03. The molecule has 1 fully saturated rings. The SMILES string of the molecule is CC1(C)C(C(=O)O)C1c1ncccn1. The van der Waals surface area contributed by atoms with Crippen LogP contribution < -0.4 is 0 Å². The molecule has 14 heavy (non-hydrogen) atoms. The fourth-order valence-electron chi connectivity index (χ4n) is 2.05. The molecular formula is C10H12N2O2. The summed E-state index contributed by atoms with van der Waals surface area (Å²) in [7, 11) is 0. The van der Waals surface area contributed by atoms with Gasteiger partial charge < -0.3 is 5.11 Å². The van der Waals surface area contributed by atoms with E-state index in [0.717, 1.165) is 0 Å². The third-order valence-corrected chi connectivity index (χ3v) is 2.96. The van der Waals surface area contributed by atoms with Crippen molar-refractivity contribution in [1.82, 2.24) is 9.97 Å². The summed E-state index contributed by atoms with van der Waals surface area (Å²) in [6, 6.07) is 1.73. The Bertz CT molecular complexity index is 362. The molecule has 74 valence electrons. The highest BCUT2D eigenvalue weighted by Crippen LogP contribution is 2.63. The normalized spacial score (nSPS) is 28.4. The van der Waals surface area contributed by atoms with Crippen LogP contribution in [-0.2, 0) is 4.79 Å². The van der Waals surface area contributed by atoms with Crippen LogP contribution in [0.1, 0.15) is 25.6 Å². The zero-order valence-electron chi connectivity index (χ0n) is 8.14. The number of carboxylic acid groups (broad SMARTS) is 1. The molecule has 4 nitrogen and oxygen atoms in total. The maximum Gasteiger partial charge on any atom is 0.307 e. The van der Waals surface area contributed by atoms with Gasteiger partial charge in [-0.15, -0.1) is 0 Å². The molecule has 4 heteroatoms. The first kappa shape index (κ1) is 9.12. The lowest BCUT2D eigenvalue weighted by atomic mass is 10.1. The molecule has 1 aromatic rings. The first-order chi connectivity index (χ1) is 6.55. The van der Waals surface area contributed by atoms with Crippen molar-refractivity contribution in [2.24, 2.45) is 11.3 Å². The minimum Gasteiger partial charge on any atom is -0.481 e. The van der Waals surface area contributed by atoms with Crippen LogP contribution in [0.2, 0.25) is 0 Å². The van der Waals surface area contributed by atoms with Crippen LogP contribution in [-0.4, -0.2) is 21.0 Å². The third-order valence-electron chi connectivity index (χ3n) is 2.96. The molecule has 1 aliphatic carbocycles. The Labute approximate surface area is 82.0 Å². The van der Waals surface area contributed by atoms with Crippen molar-refractivity contribution in [3.8, 4) is 0 Å². The first-order valence-corrected chi connectivity index (χ1v) is 4.55. The average molecular weight is 192 g/mol. The Morgan fingerprint density at radius 3 is 2.43 bits per heavy atom. The van der Waals surface area contributed by atoms with Crippen LogP contribution in [0.15, 0.2) is 18.5 Å². The highest BCUT2D eigenvalue weighted by atomic mass is 16.4. The molecule has 0 radical (unpaired) electrons. The van der Waals surface area contributed by atoms with E-state index in [-0.39, 0.29) is 17.3 Å². The molecule has 0 aliphatic heterocycles. The van der Waals surface area contributed by atoms with E-state index in [0.29, 0.717) is 5.82 Å². The van der Waals surface area contributed by atoms with Crippen molar-refractivity contribution in [3.05, 3.63) is 24.3 Å². The van der Waals surface area contributed by atoms with Crippen molar-refractivity contribution in [1.29, 1.82) is 0 Å². The zero-order chi connectivity index (χ0) is 10.3. The molecule has 1 saturated carbocycles. The summed E-state index contributed by atoms with van der Waals surface area (Å²) >= 11 is 0. The minimum atomic E-state index is -0.757. The zero-order valence-corrected chi connectivity index (χ0v) is 8.14. The second-order valence-corrected chi connectivity index (χ2v) is 4.22. The van der Waals surface area contributed by atoms with Gasteiger partial charge in [0.05, 0.1) is 5.92 Å². The van der Waals surface area contributed by atoms with Crippen LogP contribution in [0.25, 0.3) is 0 Å². The molecule has 2 atom stereocenters. The summed E-state index contributed by atoms with van der Waals surface area (Å²) in [5, 5.41) is 8.97. The molecule has 2 unspecified atom stereocenters. The Hall–Kier alpha value is -1.45. The maximum absolute atomic E-state index is 10.9. The van der Waals surface area contributed by atoms with Crippen LogP contribution in [0.4, 0.5) is 0 Å². The molecule has 0 saturated heterocycles. The van der Waals surface area contributed by atoms with Crippen LogP contribution in [0.5, 0.6) is 0 Å². The number of carboxylic acids is 1. The van der Waals surface area contributed by atoms with Gasteiger partial charge in [-0.2, -0.15) is 0 Å². The molecule has 0 amide bonds. The van der Waals surface area contributed by atoms with E-state index in [1.807, 2.05) is 13.8 Å². The number of aromatic nitrogens is 2. The topological polar surface area (TPSA) is 63.1 Å². The number of carbonyl (C=O) groups is 1. The monoisotopic (exact) mass is 192 g/mol. The van der Waals surface area contributed by atoms with Crippen molar-refractivity contribution in [2.75, 3.05) is 0 Å². The predicted molar refractivity (Wildman–Crippen MR) is 49.7 cm³/mol. The molecule has 1 N–H and O–H groups in total. The maximum atomic E-state index is 10.9. The fourth-order valence-corrected chi connectivity index (χ4v) is 2.05. The number of aliphatic carboxylic acids is 1. The van der Waals surface area contributed by atoms with Gasteiger partial charge in [-0.25, -0.2) is 9.97 Å². The van der Waals surface area contributed by atoms with E-state index in [1.54, 1.807) is 18.5 Å². The van der Waals surface area contributed by atoms with Gasteiger partial charge in [0.15, 0.2) is 0 Å². The van der Waals surface area contributed by atoms with Gasteiger partial charge >= 0.3 is 5.97 Å². The Morgan fingerprint density at radius 1 is 1.43 bits per heavy atom. The minimum absolute atomic E-state index is 0.0406. The highest BCUT2D eigenvalue weighted by molar-refractivity contribution is 5.77. The Morgan fingerprint density at radius 2 is 2.00 bits per heavy atom. The van der Waals surface area contributed by atoms with Gasteiger partial charge in [0.25, 0.3) is 0 Å². The molecule has 1 aromatic heterocycles. The molecule has 0 spiro atoms. The lowest BCUT2D eigenvalue weighted by molar-refractivity contribution is -0.139. The van der Waals surface area contributed by atoms with E-state index >= 15 is 0 Å². The number of hydrogen-bond acceptors (Lipinski definition) is 3. The van der Waals surface area contributed by atoms with Gasteiger partial charge in [-0.3, -0.25) is 4.79 Å². The average Bonchev–Trinajstić information content (AvgIpc) is 2.71. The van der Waals surface area contributed by atoms with Crippen molar-refractivity contribution in [3.63, 3.8) is 0 Å². The van der Waals surface area contributed by atoms with E-state index < -0.39 is 5.97 Å². The Balaban J connectivity index is 2.28. The molecule has 1 aliphatic rings. The smallest absolute Gasteiger partial charge is 0.307 e. The molecular weight excluding hydrogens is 180 g/mol. The van der Waals surface area contributed by atoms with Gasteiger partial charge in [0.1, 0.15) is 5.82 Å². The molecule has 1 heterocycles. The van der Waals surface area contributed by atoms with Crippen molar-refractivity contribution >= 4 is 5.97 Å². The second-order valence-electron chi connectivity index (χ2n) is 4.22. The second kappa shape index (κ2) is 2.77. The first-order valence-electron chi connectivity index (χ1n) is 4.55. The predicted octanol–water partition coefficient (Wildman–Crippen LogP) is 1.30. The Kier molecular flexibility index (Phi) is 1.80. The van der Waals surface area contributed by atoms with E-state index in [1.165, 1.54) is 0 Å². The van der Waals surface area contributed by atoms with Crippen LogP contribution in [0, 0.1) is 11.3 Å². The van der Waals surface area contributed by atoms with Crippen LogP contribution >= 0.6 is 0 Å². The van der Waals surface area contributed by atoms with Gasteiger partial charge in [-0.1, -0.05) is 13.8 Å². The van der Waals surface area contributed by atoms with E-state index in [4.69, 9.17) is 5.11 Å². The van der Waals surface area contributed by atoms with Crippen molar-refractivity contribution in [2.45, 2.75) is 19.8 Å². The number of hydrogen-bond donors (Lipinski definition) is 1. The molecule has 0 aromatic carbocycles. The summed E-state index contributed by atoms with van der Waals surface area (Å²) < 4.78 is 0. The summed E-state index contributed by atoms with van der Waals surface area (Å²) in [6.07, 6.45) is 3.30. The van der Waals surface area contributed by atoms with Gasteiger partial charge in [-0.05, 0) is 11.5 Å². The summed E-state index contributed by atoms with van der Waals surface area (Å²) in [6.45, 7) is 3.87. The number of rotatable bonds is 2. The fraction of sp³-hybridized carbons (Fsp3) is 0.500. The van der Waals surface area contributed by atoms with E-state index in [2.05, 4.69) is 9.97 Å². The van der Waals surface area contributed by atoms with Crippen molar-refractivity contribution < 1.29 is 9.90 Å². The number of nitrogens with zero attached hydrogens (tertiary/aromatic N) is 2. The standard InChI is InChI=1S/C10H12N2O2/c1-10(2)6(7(10)9(13)14)8-11-4-3-5-12-8/h3-7H,1-2H3,(H,13,14). The molecule has 2 rings (SSSR count). The quantitative estimate of drug-likeness (QED) is 0.767.